The van der Waals surface area contributed by atoms with E-state index in [0.29, 0.717) is 0 Å². The molecule has 5 fully saturated rings. The number of hydrogen-bond acceptors (Lipinski definition) is 0. The summed E-state index contributed by atoms with van der Waals surface area (Å²) in [6.45, 7) is 4.98. The van der Waals surface area contributed by atoms with Gasteiger partial charge in [-0.05, 0) is 97.2 Å². The van der Waals surface area contributed by atoms with E-state index in [1.54, 1.807) is 44.9 Å². The topological polar surface area (TPSA) is 0 Å². The van der Waals surface area contributed by atoms with E-state index in [2.05, 4.69) is 19.9 Å². The fourth-order valence-corrected chi connectivity index (χ4v) is 8.76. The van der Waals surface area contributed by atoms with Crippen molar-refractivity contribution in [3.05, 3.63) is 11.6 Å². The van der Waals surface area contributed by atoms with Crippen molar-refractivity contribution in [2.45, 2.75) is 65.2 Å². The van der Waals surface area contributed by atoms with Crippen LogP contribution >= 0.6 is 0 Å². The average molecular weight is 311 g/mol. The summed E-state index contributed by atoms with van der Waals surface area (Å²) < 4.78 is 0. The van der Waals surface area contributed by atoms with Crippen molar-refractivity contribution in [1.82, 2.24) is 0 Å². The van der Waals surface area contributed by atoms with E-state index in [9.17, 15) is 0 Å². The van der Waals surface area contributed by atoms with Crippen molar-refractivity contribution in [3.63, 3.8) is 0 Å². The van der Waals surface area contributed by atoms with Gasteiger partial charge in [0.05, 0.1) is 0 Å². The normalized spacial score (nSPS) is 62.0. The molecule has 0 bridgehead atoms. The van der Waals surface area contributed by atoms with Crippen molar-refractivity contribution < 1.29 is 0 Å². The Kier molecular flexibility index (Phi) is 2.84. The molecular weight excluding hydrogens is 276 g/mol. The van der Waals surface area contributed by atoms with Crippen molar-refractivity contribution in [2.24, 2.45) is 65.1 Å². The maximum absolute atomic E-state index is 2.81. The van der Waals surface area contributed by atoms with Gasteiger partial charge in [0.2, 0.25) is 0 Å². The number of rotatable bonds is 3. The summed E-state index contributed by atoms with van der Waals surface area (Å²) in [7, 11) is 0. The first kappa shape index (κ1) is 14.0. The SMILES string of the molecule is CCC1C2CCC(C3=CC(C)C4CC(C5C6CCCCC65)C34)C12. The van der Waals surface area contributed by atoms with Crippen LogP contribution in [0.4, 0.5) is 0 Å². The summed E-state index contributed by atoms with van der Waals surface area (Å²) in [6, 6.07) is 0. The van der Waals surface area contributed by atoms with Crippen LogP contribution in [-0.4, -0.2) is 0 Å². The maximum atomic E-state index is 2.81. The fourth-order valence-electron chi connectivity index (χ4n) is 8.76. The lowest BCUT2D eigenvalue weighted by Crippen LogP contribution is -2.40. The van der Waals surface area contributed by atoms with E-state index >= 15 is 0 Å². The van der Waals surface area contributed by atoms with E-state index in [1.807, 2.05) is 5.57 Å². The van der Waals surface area contributed by atoms with Crippen LogP contribution in [0.5, 0.6) is 0 Å². The molecule has 0 heteroatoms. The average Bonchev–Trinajstić information content (AvgIpc) is 3.34. The molecule has 6 rings (SSSR count). The quantitative estimate of drug-likeness (QED) is 0.566. The van der Waals surface area contributed by atoms with Crippen molar-refractivity contribution in [2.75, 3.05) is 0 Å². The highest BCUT2D eigenvalue weighted by atomic mass is 14.7. The Labute approximate surface area is 142 Å². The molecule has 0 radical (unpaired) electrons. The summed E-state index contributed by atoms with van der Waals surface area (Å²) in [5.41, 5.74) is 2.02. The number of fused-ring (bicyclic) bond motifs is 3. The van der Waals surface area contributed by atoms with Gasteiger partial charge in [-0.25, -0.2) is 0 Å². The lowest BCUT2D eigenvalue weighted by atomic mass is 9.58. The summed E-state index contributed by atoms with van der Waals surface area (Å²) in [5.74, 6) is 12.1. The molecule has 0 aromatic heterocycles. The Balaban J connectivity index is 1.23. The van der Waals surface area contributed by atoms with Crippen LogP contribution in [0.25, 0.3) is 0 Å². The molecular formula is C23H34. The van der Waals surface area contributed by atoms with Crippen molar-refractivity contribution in [1.29, 1.82) is 0 Å². The van der Waals surface area contributed by atoms with Crippen molar-refractivity contribution >= 4 is 0 Å². The van der Waals surface area contributed by atoms with Gasteiger partial charge >= 0.3 is 0 Å². The molecule has 0 aliphatic heterocycles. The Morgan fingerprint density at radius 3 is 2.35 bits per heavy atom. The second kappa shape index (κ2) is 4.67. The number of allylic oxidation sites excluding steroid dienone is 2. The zero-order valence-corrected chi connectivity index (χ0v) is 15.1. The Bertz CT molecular complexity index is 528. The molecule has 0 N–H and O–H groups in total. The standard InChI is InChI=1S/C23H34/c1-3-13-16-8-9-17(21(13)16)19-10-12(2)18-11-20(23(18)19)22-14-6-4-5-7-15(14)22/h10,12-18,20-23H,3-9,11H2,1-2H3. The van der Waals surface area contributed by atoms with E-state index < -0.39 is 0 Å². The third kappa shape index (κ3) is 1.74. The molecule has 0 nitrogen and oxygen atoms in total. The Morgan fingerprint density at radius 2 is 1.65 bits per heavy atom. The lowest BCUT2D eigenvalue weighted by molar-refractivity contribution is 0.0585. The van der Waals surface area contributed by atoms with Gasteiger partial charge in [0.15, 0.2) is 0 Å². The van der Waals surface area contributed by atoms with Gasteiger partial charge in [0.1, 0.15) is 0 Å². The van der Waals surface area contributed by atoms with Crippen molar-refractivity contribution in [3.8, 4) is 0 Å². The minimum Gasteiger partial charge on any atom is -0.0816 e. The summed E-state index contributed by atoms with van der Waals surface area (Å²) in [5, 5.41) is 0. The molecule has 0 saturated heterocycles. The highest BCUT2D eigenvalue weighted by molar-refractivity contribution is 5.31. The van der Waals surface area contributed by atoms with Crippen LogP contribution < -0.4 is 0 Å². The van der Waals surface area contributed by atoms with Crippen LogP contribution in [-0.2, 0) is 0 Å². The Hall–Kier alpha value is -0.260. The third-order valence-electron chi connectivity index (χ3n) is 9.77. The molecule has 5 saturated carbocycles. The highest BCUT2D eigenvalue weighted by Crippen LogP contribution is 2.72. The van der Waals surface area contributed by atoms with Crippen LogP contribution in [0, 0.1) is 65.1 Å². The first-order valence-corrected chi connectivity index (χ1v) is 11.0. The van der Waals surface area contributed by atoms with Gasteiger partial charge in [0.25, 0.3) is 0 Å². The summed E-state index contributed by atoms with van der Waals surface area (Å²) >= 11 is 0. The zero-order chi connectivity index (χ0) is 15.3. The van der Waals surface area contributed by atoms with E-state index in [4.69, 9.17) is 0 Å². The van der Waals surface area contributed by atoms with Gasteiger partial charge in [0, 0.05) is 0 Å². The first-order valence-electron chi connectivity index (χ1n) is 11.0. The molecule has 0 aromatic rings. The predicted molar refractivity (Wildman–Crippen MR) is 94.8 cm³/mol. The lowest BCUT2D eigenvalue weighted by Gasteiger charge is -2.46. The second-order valence-corrected chi connectivity index (χ2v) is 10.3. The molecule has 0 amide bonds. The molecule has 6 aliphatic rings. The first-order chi connectivity index (χ1) is 11.3. The molecule has 10 unspecified atom stereocenters. The predicted octanol–water partition coefficient (Wildman–Crippen LogP) is 5.93. The maximum Gasteiger partial charge on any atom is -0.0135 e. The molecule has 0 heterocycles. The highest BCUT2D eigenvalue weighted by Gasteiger charge is 2.65. The van der Waals surface area contributed by atoms with E-state index in [0.717, 1.165) is 47.3 Å². The summed E-state index contributed by atoms with van der Waals surface area (Å²) in [4.78, 5) is 0. The number of hydrogen-bond donors (Lipinski definition) is 0. The van der Waals surface area contributed by atoms with Gasteiger partial charge in [-0.2, -0.15) is 0 Å². The van der Waals surface area contributed by atoms with Gasteiger partial charge in [-0.1, -0.05) is 44.8 Å². The zero-order valence-electron chi connectivity index (χ0n) is 15.1. The molecule has 0 spiro atoms. The molecule has 126 valence electrons. The molecule has 10 atom stereocenters. The van der Waals surface area contributed by atoms with Crippen LogP contribution in [0.3, 0.4) is 0 Å². The smallest absolute Gasteiger partial charge is 0.0135 e. The van der Waals surface area contributed by atoms with Crippen LogP contribution in [0.15, 0.2) is 11.6 Å². The third-order valence-corrected chi connectivity index (χ3v) is 9.77. The molecule has 6 aliphatic carbocycles. The Morgan fingerprint density at radius 1 is 0.870 bits per heavy atom. The monoisotopic (exact) mass is 310 g/mol. The fraction of sp³-hybridized carbons (Fsp3) is 0.913. The minimum absolute atomic E-state index is 0.907. The van der Waals surface area contributed by atoms with Gasteiger partial charge in [-0.15, -0.1) is 0 Å². The van der Waals surface area contributed by atoms with E-state index in [-0.39, 0.29) is 0 Å². The summed E-state index contributed by atoms with van der Waals surface area (Å²) in [6.07, 6.45) is 15.2. The van der Waals surface area contributed by atoms with Gasteiger partial charge in [-0.3, -0.25) is 0 Å². The van der Waals surface area contributed by atoms with Crippen LogP contribution in [0.2, 0.25) is 0 Å². The van der Waals surface area contributed by atoms with Crippen LogP contribution in [0.1, 0.15) is 65.2 Å². The minimum atomic E-state index is 0.907. The van der Waals surface area contributed by atoms with E-state index in [1.165, 1.54) is 24.2 Å². The molecule has 23 heavy (non-hydrogen) atoms. The largest absolute Gasteiger partial charge is 0.0816 e. The second-order valence-electron chi connectivity index (χ2n) is 10.3. The molecule has 0 aromatic carbocycles. The van der Waals surface area contributed by atoms with Gasteiger partial charge < -0.3 is 0 Å².